The maximum Gasteiger partial charge on any atom is 0.236 e. The molecule has 156 valence electrons. The van der Waals surface area contributed by atoms with Crippen molar-refractivity contribution in [3.05, 3.63) is 59.6 Å². The highest BCUT2D eigenvalue weighted by atomic mass is 19.2. The van der Waals surface area contributed by atoms with Crippen molar-refractivity contribution in [1.29, 1.82) is 0 Å². The lowest BCUT2D eigenvalue weighted by Gasteiger charge is -2.17. The molecule has 1 aliphatic heterocycles. The number of ether oxygens (including phenoxy) is 1. The van der Waals surface area contributed by atoms with Crippen LogP contribution in [0.5, 0.6) is 5.88 Å². The summed E-state index contributed by atoms with van der Waals surface area (Å²) in [5.41, 5.74) is 1.25. The third kappa shape index (κ3) is 3.68. The van der Waals surface area contributed by atoms with Crippen molar-refractivity contribution in [3.63, 3.8) is 0 Å². The van der Waals surface area contributed by atoms with Gasteiger partial charge >= 0.3 is 0 Å². The van der Waals surface area contributed by atoms with E-state index in [1.54, 1.807) is 20.3 Å². The number of halogens is 2. The average molecular weight is 415 g/mol. The molecule has 8 nitrogen and oxygen atoms in total. The number of aromatic nitrogens is 4. The van der Waals surface area contributed by atoms with Gasteiger partial charge in [-0.3, -0.25) is 14.3 Å². The Hall–Kier alpha value is -3.56. The summed E-state index contributed by atoms with van der Waals surface area (Å²) < 4.78 is 35.1. The lowest BCUT2D eigenvalue weighted by atomic mass is 10.0. The fraction of sp³-hybridized carbons (Fsp3) is 0.300. The largest absolute Gasteiger partial charge is 0.475 e. The zero-order valence-electron chi connectivity index (χ0n) is 16.4. The van der Waals surface area contributed by atoms with Gasteiger partial charge in [0, 0.05) is 26.7 Å². The molecule has 30 heavy (non-hydrogen) atoms. The lowest BCUT2D eigenvalue weighted by Crippen LogP contribution is -2.34. The van der Waals surface area contributed by atoms with Crippen LogP contribution in [0, 0.1) is 17.6 Å². The number of rotatable bonds is 5. The number of fused-ring (bicyclic) bond motifs is 1. The second-order valence-electron chi connectivity index (χ2n) is 7.14. The van der Waals surface area contributed by atoms with E-state index in [1.165, 1.54) is 32.6 Å². The van der Waals surface area contributed by atoms with Gasteiger partial charge in [-0.2, -0.15) is 10.2 Å². The van der Waals surface area contributed by atoms with E-state index in [-0.39, 0.29) is 37.0 Å². The van der Waals surface area contributed by atoms with Crippen molar-refractivity contribution in [2.45, 2.75) is 13.0 Å². The van der Waals surface area contributed by atoms with Gasteiger partial charge in [-0.1, -0.05) is 6.07 Å². The Morgan fingerprint density at radius 1 is 1.23 bits per heavy atom. The maximum absolute atomic E-state index is 13.4. The van der Waals surface area contributed by atoms with Gasteiger partial charge in [0.05, 0.1) is 18.7 Å². The molecule has 0 fully saturated rings. The highest BCUT2D eigenvalue weighted by Gasteiger charge is 2.33. The number of ketones is 1. The molecule has 0 aliphatic carbocycles. The molecule has 0 radical (unpaired) electrons. The van der Waals surface area contributed by atoms with E-state index < -0.39 is 17.6 Å². The van der Waals surface area contributed by atoms with E-state index in [2.05, 4.69) is 10.2 Å². The summed E-state index contributed by atoms with van der Waals surface area (Å²) >= 11 is 0. The summed E-state index contributed by atoms with van der Waals surface area (Å²) in [7, 11) is 3.33. The van der Waals surface area contributed by atoms with E-state index in [0.717, 1.165) is 12.1 Å². The molecule has 1 aliphatic rings. The van der Waals surface area contributed by atoms with Gasteiger partial charge in [0.15, 0.2) is 17.4 Å². The molecule has 1 amide bonds. The molecule has 2 aromatic heterocycles. The van der Waals surface area contributed by atoms with E-state index in [9.17, 15) is 18.4 Å². The molecular formula is C20H19F2N5O3. The Morgan fingerprint density at radius 2 is 2.03 bits per heavy atom. The monoisotopic (exact) mass is 415 g/mol. The molecule has 0 N–H and O–H groups in total. The number of anilines is 1. The van der Waals surface area contributed by atoms with Crippen LogP contribution in [0.15, 0.2) is 36.7 Å². The summed E-state index contributed by atoms with van der Waals surface area (Å²) in [6, 6.07) is 5.11. The number of Topliss-reactive ketones (excluding diaryl/α,β-unsaturated/α-hetero) is 1. The molecule has 3 heterocycles. The molecule has 0 saturated carbocycles. The van der Waals surface area contributed by atoms with Crippen molar-refractivity contribution in [1.82, 2.24) is 19.6 Å². The molecular weight excluding hydrogens is 396 g/mol. The van der Waals surface area contributed by atoms with Gasteiger partial charge in [-0.05, 0) is 23.8 Å². The van der Waals surface area contributed by atoms with Crippen LogP contribution in [-0.4, -0.2) is 44.9 Å². The predicted molar refractivity (Wildman–Crippen MR) is 102 cm³/mol. The Bertz CT molecular complexity index is 1120. The number of hydrogen-bond donors (Lipinski definition) is 0. The highest BCUT2D eigenvalue weighted by Crippen LogP contribution is 2.31. The number of amides is 1. The smallest absolute Gasteiger partial charge is 0.236 e. The summed E-state index contributed by atoms with van der Waals surface area (Å²) in [6.07, 6.45) is 3.05. The molecule has 1 atom stereocenters. The Morgan fingerprint density at radius 3 is 2.80 bits per heavy atom. The molecule has 0 bridgehead atoms. The number of nitrogens with zero attached hydrogens (tertiary/aromatic N) is 5. The molecule has 10 heteroatoms. The van der Waals surface area contributed by atoms with Crippen molar-refractivity contribution in [2.75, 3.05) is 18.6 Å². The number of aryl methyl sites for hydroxylation is 1. The van der Waals surface area contributed by atoms with Crippen LogP contribution in [-0.2, 0) is 18.4 Å². The van der Waals surface area contributed by atoms with Gasteiger partial charge in [-0.25, -0.2) is 13.5 Å². The molecule has 1 aromatic carbocycles. The van der Waals surface area contributed by atoms with Crippen LogP contribution in [0.25, 0.3) is 0 Å². The first kappa shape index (κ1) is 19.7. The van der Waals surface area contributed by atoms with Crippen LogP contribution < -0.4 is 9.64 Å². The average Bonchev–Trinajstić information content (AvgIpc) is 3.31. The fourth-order valence-electron chi connectivity index (χ4n) is 3.35. The van der Waals surface area contributed by atoms with Gasteiger partial charge in [0.1, 0.15) is 18.0 Å². The minimum atomic E-state index is -0.942. The molecule has 3 aromatic rings. The van der Waals surface area contributed by atoms with Crippen LogP contribution in [0.4, 0.5) is 14.5 Å². The summed E-state index contributed by atoms with van der Waals surface area (Å²) in [5.74, 6) is -2.60. The van der Waals surface area contributed by atoms with Gasteiger partial charge < -0.3 is 9.64 Å². The SMILES string of the molecule is CN1C(=O)[C@@H](CC(=O)c2ccn(Cc3ccc(F)c(F)c3)n2)COc2c1cnn2C. The zero-order chi connectivity index (χ0) is 21.4. The zero-order valence-corrected chi connectivity index (χ0v) is 16.4. The van der Waals surface area contributed by atoms with Gasteiger partial charge in [-0.15, -0.1) is 0 Å². The summed E-state index contributed by atoms with van der Waals surface area (Å²) in [5, 5.41) is 8.28. The standard InChI is InChI=1S/C20H19F2N5O3/c1-25-17-9-23-26(2)20(17)30-11-13(19(25)29)8-18(28)16-5-6-27(24-16)10-12-3-4-14(21)15(22)7-12/h3-7,9,13H,8,10-11H2,1-2H3/t13-/m0/s1. The molecule has 4 rings (SSSR count). The van der Waals surface area contributed by atoms with Gasteiger partial charge in [0.2, 0.25) is 11.8 Å². The summed E-state index contributed by atoms with van der Waals surface area (Å²) in [6.45, 7) is 0.234. The van der Waals surface area contributed by atoms with E-state index >= 15 is 0 Å². The van der Waals surface area contributed by atoms with Crippen LogP contribution in [0.2, 0.25) is 0 Å². The Kier molecular flexibility index (Phi) is 5.06. The minimum absolute atomic E-state index is 0.0526. The van der Waals surface area contributed by atoms with Crippen molar-refractivity contribution < 1.29 is 23.1 Å². The van der Waals surface area contributed by atoms with Crippen LogP contribution >= 0.6 is 0 Å². The first-order chi connectivity index (χ1) is 14.3. The third-order valence-corrected chi connectivity index (χ3v) is 5.02. The Balaban J connectivity index is 1.44. The first-order valence-electron chi connectivity index (χ1n) is 9.26. The number of carbonyl (C=O) groups is 2. The fourth-order valence-corrected chi connectivity index (χ4v) is 3.35. The lowest BCUT2D eigenvalue weighted by molar-refractivity contribution is -0.122. The normalized spacial score (nSPS) is 16.2. The second kappa shape index (κ2) is 7.69. The molecule has 0 spiro atoms. The van der Waals surface area contributed by atoms with Crippen LogP contribution in [0.1, 0.15) is 22.5 Å². The minimum Gasteiger partial charge on any atom is -0.475 e. The summed E-state index contributed by atoms with van der Waals surface area (Å²) in [4.78, 5) is 26.9. The second-order valence-corrected chi connectivity index (χ2v) is 7.14. The third-order valence-electron chi connectivity index (χ3n) is 5.02. The predicted octanol–water partition coefficient (Wildman–Crippen LogP) is 2.19. The number of benzene rings is 1. The van der Waals surface area contributed by atoms with Gasteiger partial charge in [0.25, 0.3) is 0 Å². The van der Waals surface area contributed by atoms with Crippen LogP contribution in [0.3, 0.4) is 0 Å². The van der Waals surface area contributed by atoms with E-state index in [4.69, 9.17) is 4.74 Å². The van der Waals surface area contributed by atoms with E-state index in [1.807, 2.05) is 0 Å². The van der Waals surface area contributed by atoms with Crippen molar-refractivity contribution >= 4 is 17.4 Å². The first-order valence-corrected chi connectivity index (χ1v) is 9.26. The van der Waals surface area contributed by atoms with Crippen molar-refractivity contribution in [3.8, 4) is 5.88 Å². The number of carbonyl (C=O) groups excluding carboxylic acids is 2. The number of hydrogen-bond acceptors (Lipinski definition) is 5. The highest BCUT2D eigenvalue weighted by molar-refractivity contribution is 6.01. The molecule has 0 unspecified atom stereocenters. The Labute approximate surface area is 170 Å². The topological polar surface area (TPSA) is 82.2 Å². The van der Waals surface area contributed by atoms with E-state index in [0.29, 0.717) is 17.1 Å². The molecule has 0 saturated heterocycles. The van der Waals surface area contributed by atoms with Crippen molar-refractivity contribution in [2.24, 2.45) is 13.0 Å². The maximum atomic E-state index is 13.4. The quantitative estimate of drug-likeness (QED) is 0.597.